The van der Waals surface area contributed by atoms with Crippen LogP contribution < -0.4 is 9.47 Å². The van der Waals surface area contributed by atoms with Crippen LogP contribution in [-0.4, -0.2) is 19.0 Å². The molecule has 0 aliphatic carbocycles. The van der Waals surface area contributed by atoms with Gasteiger partial charge in [-0.15, -0.1) is 0 Å². The van der Waals surface area contributed by atoms with Gasteiger partial charge in [0, 0.05) is 5.56 Å². The summed E-state index contributed by atoms with van der Waals surface area (Å²) in [7, 11) is 1.60. The number of allylic oxidation sites excluding steroid dienone is 1. The van der Waals surface area contributed by atoms with Crippen LogP contribution in [0.25, 0.3) is 6.08 Å². The quantitative estimate of drug-likeness (QED) is 0.734. The van der Waals surface area contributed by atoms with Crippen molar-refractivity contribution < 1.29 is 14.3 Å². The molecule has 0 aliphatic heterocycles. The van der Waals surface area contributed by atoms with Gasteiger partial charge >= 0.3 is 0 Å². The molecule has 0 heterocycles. The topological polar surface area (TPSA) is 35.5 Å². The third-order valence-corrected chi connectivity index (χ3v) is 2.08. The molecule has 0 radical (unpaired) electrons. The second kappa shape index (κ2) is 6.09. The fourth-order valence-electron chi connectivity index (χ4n) is 1.39. The van der Waals surface area contributed by atoms with Gasteiger partial charge in [0.25, 0.3) is 0 Å². The van der Waals surface area contributed by atoms with Crippen molar-refractivity contribution in [2.45, 2.75) is 26.9 Å². The van der Waals surface area contributed by atoms with Crippen molar-refractivity contribution in [3.63, 3.8) is 0 Å². The summed E-state index contributed by atoms with van der Waals surface area (Å²) in [5, 5.41) is 0. The Kier molecular flexibility index (Phi) is 4.76. The van der Waals surface area contributed by atoms with E-state index in [-0.39, 0.29) is 11.9 Å². The normalized spacial score (nSPS) is 10.9. The molecule has 1 aromatic carbocycles. The summed E-state index contributed by atoms with van der Waals surface area (Å²) in [4.78, 5) is 10.9. The highest BCUT2D eigenvalue weighted by Crippen LogP contribution is 2.32. The van der Waals surface area contributed by atoms with Crippen LogP contribution in [0.5, 0.6) is 11.5 Å². The van der Waals surface area contributed by atoms with Gasteiger partial charge in [-0.25, -0.2) is 0 Å². The molecule has 0 N–H and O–H groups in total. The van der Waals surface area contributed by atoms with Crippen molar-refractivity contribution in [2.75, 3.05) is 7.11 Å². The van der Waals surface area contributed by atoms with Crippen LogP contribution in [0.15, 0.2) is 24.3 Å². The second-order valence-electron chi connectivity index (χ2n) is 3.99. The van der Waals surface area contributed by atoms with E-state index in [0.717, 1.165) is 5.56 Å². The largest absolute Gasteiger partial charge is 0.493 e. The van der Waals surface area contributed by atoms with Crippen LogP contribution in [0.4, 0.5) is 0 Å². The molecule has 0 unspecified atom stereocenters. The molecule has 3 nitrogen and oxygen atoms in total. The number of ether oxygens (including phenoxy) is 2. The monoisotopic (exact) mass is 234 g/mol. The van der Waals surface area contributed by atoms with Gasteiger partial charge in [-0.1, -0.05) is 12.1 Å². The van der Waals surface area contributed by atoms with Gasteiger partial charge < -0.3 is 9.47 Å². The number of ketones is 1. The number of para-hydroxylation sites is 1. The Balaban J connectivity index is 3.14. The minimum atomic E-state index is 0.00307. The first-order valence-electron chi connectivity index (χ1n) is 5.57. The average Bonchev–Trinajstić information content (AvgIpc) is 2.26. The molecule has 1 rings (SSSR count). The summed E-state index contributed by atoms with van der Waals surface area (Å²) in [5.41, 5.74) is 0.841. The molecule has 0 aliphatic rings. The summed E-state index contributed by atoms with van der Waals surface area (Å²) in [6.45, 7) is 5.41. The van der Waals surface area contributed by atoms with E-state index in [1.807, 2.05) is 32.0 Å². The van der Waals surface area contributed by atoms with Crippen molar-refractivity contribution >= 4 is 11.9 Å². The van der Waals surface area contributed by atoms with E-state index in [1.54, 1.807) is 13.2 Å². The number of hydrogen-bond donors (Lipinski definition) is 0. The van der Waals surface area contributed by atoms with Gasteiger partial charge in [-0.05, 0) is 39.0 Å². The summed E-state index contributed by atoms with van der Waals surface area (Å²) >= 11 is 0. The number of carbonyl (C=O) groups is 1. The molecular formula is C14H18O3. The molecule has 0 spiro atoms. The summed E-state index contributed by atoms with van der Waals surface area (Å²) in [6, 6.07) is 5.59. The molecule has 0 saturated heterocycles. The zero-order valence-corrected chi connectivity index (χ0v) is 10.7. The molecule has 0 saturated carbocycles. The van der Waals surface area contributed by atoms with Crippen molar-refractivity contribution in [1.82, 2.24) is 0 Å². The second-order valence-corrected chi connectivity index (χ2v) is 3.99. The Morgan fingerprint density at radius 2 is 2.06 bits per heavy atom. The van der Waals surface area contributed by atoms with E-state index in [4.69, 9.17) is 9.47 Å². The van der Waals surface area contributed by atoms with Crippen LogP contribution >= 0.6 is 0 Å². The summed E-state index contributed by atoms with van der Waals surface area (Å²) < 4.78 is 11.0. The van der Waals surface area contributed by atoms with E-state index in [2.05, 4.69) is 0 Å². The molecule has 0 fully saturated rings. The predicted octanol–water partition coefficient (Wildman–Crippen LogP) is 3.08. The molecule has 3 heteroatoms. The lowest BCUT2D eigenvalue weighted by molar-refractivity contribution is -0.112. The zero-order chi connectivity index (χ0) is 12.8. The van der Waals surface area contributed by atoms with Crippen LogP contribution in [0.1, 0.15) is 26.3 Å². The van der Waals surface area contributed by atoms with Gasteiger partial charge in [0.15, 0.2) is 17.3 Å². The Morgan fingerprint density at radius 3 is 2.59 bits per heavy atom. The van der Waals surface area contributed by atoms with E-state index in [0.29, 0.717) is 11.5 Å². The van der Waals surface area contributed by atoms with E-state index in [9.17, 15) is 4.79 Å². The molecule has 1 aromatic rings. The van der Waals surface area contributed by atoms with Crippen LogP contribution in [-0.2, 0) is 4.79 Å². The van der Waals surface area contributed by atoms with Crippen molar-refractivity contribution in [3.05, 3.63) is 29.8 Å². The minimum absolute atomic E-state index is 0.00307. The first kappa shape index (κ1) is 13.3. The molecule has 0 amide bonds. The molecule has 0 aromatic heterocycles. The van der Waals surface area contributed by atoms with E-state index < -0.39 is 0 Å². The van der Waals surface area contributed by atoms with Gasteiger partial charge in [-0.3, -0.25) is 4.79 Å². The average molecular weight is 234 g/mol. The number of rotatable bonds is 5. The van der Waals surface area contributed by atoms with E-state index in [1.165, 1.54) is 13.0 Å². The molecule has 92 valence electrons. The SMILES string of the molecule is COc1cccc(C=CC(C)=O)c1OC(C)C. The highest BCUT2D eigenvalue weighted by Gasteiger charge is 2.10. The first-order chi connectivity index (χ1) is 8.04. The number of benzene rings is 1. The lowest BCUT2D eigenvalue weighted by Gasteiger charge is -2.15. The van der Waals surface area contributed by atoms with Crippen LogP contribution in [0, 0.1) is 0 Å². The lowest BCUT2D eigenvalue weighted by Crippen LogP contribution is -2.07. The van der Waals surface area contributed by atoms with Crippen molar-refractivity contribution in [3.8, 4) is 11.5 Å². The number of hydrogen-bond acceptors (Lipinski definition) is 3. The standard InChI is InChI=1S/C14H18O3/c1-10(2)17-14-12(9-8-11(3)15)6-5-7-13(14)16-4/h5-10H,1-4H3. The molecule has 0 atom stereocenters. The van der Waals surface area contributed by atoms with Gasteiger partial charge in [-0.2, -0.15) is 0 Å². The lowest BCUT2D eigenvalue weighted by atomic mass is 10.1. The van der Waals surface area contributed by atoms with Gasteiger partial charge in [0.2, 0.25) is 0 Å². The fraction of sp³-hybridized carbons (Fsp3) is 0.357. The third kappa shape index (κ3) is 3.94. The Morgan fingerprint density at radius 1 is 1.35 bits per heavy atom. The maximum atomic E-state index is 10.9. The maximum absolute atomic E-state index is 10.9. The van der Waals surface area contributed by atoms with Crippen LogP contribution in [0.3, 0.4) is 0 Å². The predicted molar refractivity (Wildman–Crippen MR) is 68.5 cm³/mol. The van der Waals surface area contributed by atoms with Crippen molar-refractivity contribution in [2.24, 2.45) is 0 Å². The summed E-state index contributed by atoms with van der Waals surface area (Å²) in [5.74, 6) is 1.34. The zero-order valence-electron chi connectivity index (χ0n) is 10.7. The number of carbonyl (C=O) groups excluding carboxylic acids is 1. The Bertz CT molecular complexity index is 419. The highest BCUT2D eigenvalue weighted by atomic mass is 16.5. The van der Waals surface area contributed by atoms with Gasteiger partial charge in [0.05, 0.1) is 13.2 Å². The number of methoxy groups -OCH3 is 1. The molecule has 17 heavy (non-hydrogen) atoms. The Labute approximate surface area is 102 Å². The minimum Gasteiger partial charge on any atom is -0.493 e. The summed E-state index contributed by atoms with van der Waals surface area (Å²) in [6.07, 6.45) is 3.31. The first-order valence-corrected chi connectivity index (χ1v) is 5.57. The molecule has 0 bridgehead atoms. The van der Waals surface area contributed by atoms with Crippen molar-refractivity contribution in [1.29, 1.82) is 0 Å². The smallest absolute Gasteiger partial charge is 0.168 e. The van der Waals surface area contributed by atoms with Crippen LogP contribution in [0.2, 0.25) is 0 Å². The third-order valence-electron chi connectivity index (χ3n) is 2.08. The Hall–Kier alpha value is -1.77. The fourth-order valence-corrected chi connectivity index (χ4v) is 1.39. The maximum Gasteiger partial charge on any atom is 0.168 e. The van der Waals surface area contributed by atoms with E-state index >= 15 is 0 Å². The highest BCUT2D eigenvalue weighted by molar-refractivity contribution is 5.92. The van der Waals surface area contributed by atoms with Gasteiger partial charge in [0.1, 0.15) is 0 Å². The molecular weight excluding hydrogens is 216 g/mol.